The first-order valence-electron chi connectivity index (χ1n) is 7.50. The Bertz CT molecular complexity index is 529. The Balaban J connectivity index is 1.87. The molecule has 22 heavy (non-hydrogen) atoms. The molecule has 0 saturated carbocycles. The highest BCUT2D eigenvalue weighted by molar-refractivity contribution is 5.87. The molecule has 1 saturated heterocycles. The zero-order valence-corrected chi connectivity index (χ0v) is 12.9. The van der Waals surface area contributed by atoms with Crippen molar-refractivity contribution in [2.24, 2.45) is 0 Å². The number of morpholine rings is 1. The summed E-state index contributed by atoms with van der Waals surface area (Å²) in [5, 5.41) is 11.7. The van der Waals surface area contributed by atoms with Gasteiger partial charge in [-0.25, -0.2) is 9.59 Å². The van der Waals surface area contributed by atoms with Gasteiger partial charge < -0.3 is 20.1 Å². The zero-order valence-electron chi connectivity index (χ0n) is 12.9. The van der Waals surface area contributed by atoms with Gasteiger partial charge in [-0.2, -0.15) is 0 Å². The molecule has 0 spiro atoms. The smallest absolute Gasteiger partial charge is 0.335 e. The molecule has 1 heterocycles. The lowest BCUT2D eigenvalue weighted by molar-refractivity contribution is -0.0646. The zero-order chi connectivity index (χ0) is 16.1. The van der Waals surface area contributed by atoms with E-state index in [-0.39, 0.29) is 23.8 Å². The number of nitrogens with one attached hydrogen (secondary N) is 1. The van der Waals surface area contributed by atoms with Crippen molar-refractivity contribution < 1.29 is 19.4 Å². The Labute approximate surface area is 130 Å². The Kier molecular flexibility index (Phi) is 5.38. The van der Waals surface area contributed by atoms with Crippen LogP contribution in [-0.4, -0.2) is 47.3 Å². The summed E-state index contributed by atoms with van der Waals surface area (Å²) in [6.45, 7) is 5.57. The van der Waals surface area contributed by atoms with Crippen LogP contribution in [-0.2, 0) is 11.3 Å². The van der Waals surface area contributed by atoms with Crippen molar-refractivity contribution in [2.75, 3.05) is 13.1 Å². The maximum absolute atomic E-state index is 12.2. The standard InChI is InChI=1S/C16H22N2O4/c1-3-14-10-18(9-11(2)22-14)16(21)17-8-12-4-6-13(7-5-12)15(19)20/h4-7,11,14H,3,8-10H2,1-2H3,(H,17,21)(H,19,20). The first-order chi connectivity index (χ1) is 10.5. The van der Waals surface area contributed by atoms with E-state index in [0.29, 0.717) is 19.6 Å². The number of aromatic carboxylic acids is 1. The fourth-order valence-electron chi connectivity index (χ4n) is 2.49. The molecule has 6 nitrogen and oxygen atoms in total. The average Bonchev–Trinajstić information content (AvgIpc) is 2.52. The van der Waals surface area contributed by atoms with E-state index < -0.39 is 5.97 Å². The first-order valence-corrected chi connectivity index (χ1v) is 7.50. The second kappa shape index (κ2) is 7.26. The highest BCUT2D eigenvalue weighted by atomic mass is 16.5. The van der Waals surface area contributed by atoms with E-state index in [2.05, 4.69) is 5.32 Å². The van der Waals surface area contributed by atoms with Gasteiger partial charge in [0.2, 0.25) is 0 Å². The van der Waals surface area contributed by atoms with Crippen LogP contribution >= 0.6 is 0 Å². The Hall–Kier alpha value is -2.08. The van der Waals surface area contributed by atoms with E-state index in [1.165, 1.54) is 12.1 Å². The molecule has 0 aliphatic carbocycles. The monoisotopic (exact) mass is 306 g/mol. The molecule has 0 aromatic heterocycles. The first kappa shape index (κ1) is 16.3. The summed E-state index contributed by atoms with van der Waals surface area (Å²) in [6.07, 6.45) is 1.01. The Morgan fingerprint density at radius 2 is 2.00 bits per heavy atom. The number of carboxylic acids is 1. The third-order valence-corrected chi connectivity index (χ3v) is 3.71. The van der Waals surface area contributed by atoms with E-state index in [9.17, 15) is 9.59 Å². The molecule has 2 N–H and O–H groups in total. The van der Waals surface area contributed by atoms with Crippen molar-refractivity contribution in [1.82, 2.24) is 10.2 Å². The Morgan fingerprint density at radius 1 is 1.32 bits per heavy atom. The fourth-order valence-corrected chi connectivity index (χ4v) is 2.49. The predicted octanol–water partition coefficient (Wildman–Crippen LogP) is 2.09. The number of ether oxygens (including phenoxy) is 1. The van der Waals surface area contributed by atoms with Crippen molar-refractivity contribution in [2.45, 2.75) is 39.0 Å². The predicted molar refractivity (Wildman–Crippen MR) is 81.8 cm³/mol. The number of hydrogen-bond acceptors (Lipinski definition) is 3. The van der Waals surface area contributed by atoms with Crippen LogP contribution in [0.1, 0.15) is 36.2 Å². The Morgan fingerprint density at radius 3 is 2.59 bits per heavy atom. The molecule has 120 valence electrons. The lowest BCUT2D eigenvalue weighted by Gasteiger charge is -2.36. The molecule has 0 bridgehead atoms. The molecule has 1 aromatic rings. The van der Waals surface area contributed by atoms with Crippen LogP contribution in [0.2, 0.25) is 0 Å². The summed E-state index contributed by atoms with van der Waals surface area (Å²) in [4.78, 5) is 24.8. The second-order valence-electron chi connectivity index (χ2n) is 5.54. The molecule has 2 amide bonds. The molecular weight excluding hydrogens is 284 g/mol. The highest BCUT2D eigenvalue weighted by Crippen LogP contribution is 2.13. The molecule has 2 rings (SSSR count). The molecule has 1 fully saturated rings. The number of hydrogen-bond donors (Lipinski definition) is 2. The summed E-state index contributed by atoms with van der Waals surface area (Å²) in [5.74, 6) is -0.955. The third kappa shape index (κ3) is 4.21. The van der Waals surface area contributed by atoms with Gasteiger partial charge in [-0.05, 0) is 31.0 Å². The van der Waals surface area contributed by atoms with Gasteiger partial charge in [0, 0.05) is 19.6 Å². The topological polar surface area (TPSA) is 78.9 Å². The highest BCUT2D eigenvalue weighted by Gasteiger charge is 2.27. The van der Waals surface area contributed by atoms with E-state index in [1.54, 1.807) is 17.0 Å². The molecule has 1 aliphatic rings. The van der Waals surface area contributed by atoms with E-state index in [1.807, 2.05) is 13.8 Å². The van der Waals surface area contributed by atoms with Crippen LogP contribution in [0, 0.1) is 0 Å². The van der Waals surface area contributed by atoms with Gasteiger partial charge >= 0.3 is 12.0 Å². The minimum atomic E-state index is -0.955. The average molecular weight is 306 g/mol. The summed E-state index contributed by atoms with van der Waals surface area (Å²) in [5.41, 5.74) is 1.11. The minimum absolute atomic E-state index is 0.0410. The number of benzene rings is 1. The number of carbonyl (C=O) groups is 2. The van der Waals surface area contributed by atoms with Gasteiger partial charge in [0.15, 0.2) is 0 Å². The second-order valence-corrected chi connectivity index (χ2v) is 5.54. The summed E-state index contributed by atoms with van der Waals surface area (Å²) >= 11 is 0. The summed E-state index contributed by atoms with van der Waals surface area (Å²) in [6, 6.07) is 6.37. The largest absolute Gasteiger partial charge is 0.478 e. The minimum Gasteiger partial charge on any atom is -0.478 e. The van der Waals surface area contributed by atoms with Gasteiger partial charge in [-0.1, -0.05) is 19.1 Å². The van der Waals surface area contributed by atoms with Crippen molar-refractivity contribution in [1.29, 1.82) is 0 Å². The normalized spacial score (nSPS) is 21.5. The summed E-state index contributed by atoms with van der Waals surface area (Å²) < 4.78 is 5.74. The van der Waals surface area contributed by atoms with Crippen LogP contribution in [0.3, 0.4) is 0 Å². The van der Waals surface area contributed by atoms with Gasteiger partial charge in [0.05, 0.1) is 17.8 Å². The molecule has 2 unspecified atom stereocenters. The maximum atomic E-state index is 12.2. The molecule has 2 atom stereocenters. The van der Waals surface area contributed by atoms with Crippen LogP contribution < -0.4 is 5.32 Å². The number of amides is 2. The van der Waals surface area contributed by atoms with Gasteiger partial charge in [-0.15, -0.1) is 0 Å². The molecule has 6 heteroatoms. The van der Waals surface area contributed by atoms with Crippen molar-refractivity contribution in [3.63, 3.8) is 0 Å². The molecule has 1 aromatic carbocycles. The van der Waals surface area contributed by atoms with Crippen LogP contribution in [0.4, 0.5) is 4.79 Å². The van der Waals surface area contributed by atoms with Crippen molar-refractivity contribution >= 4 is 12.0 Å². The van der Waals surface area contributed by atoms with Crippen molar-refractivity contribution in [3.8, 4) is 0 Å². The number of rotatable bonds is 4. The number of carbonyl (C=O) groups excluding carboxylic acids is 1. The van der Waals surface area contributed by atoms with E-state index >= 15 is 0 Å². The number of urea groups is 1. The lowest BCUT2D eigenvalue weighted by Crippen LogP contribution is -2.52. The molecular formula is C16H22N2O4. The summed E-state index contributed by atoms with van der Waals surface area (Å²) in [7, 11) is 0. The molecule has 1 aliphatic heterocycles. The van der Waals surface area contributed by atoms with Crippen molar-refractivity contribution in [3.05, 3.63) is 35.4 Å². The quantitative estimate of drug-likeness (QED) is 0.893. The third-order valence-electron chi connectivity index (χ3n) is 3.71. The van der Waals surface area contributed by atoms with Gasteiger partial charge in [0.1, 0.15) is 0 Å². The van der Waals surface area contributed by atoms with Crippen LogP contribution in [0.25, 0.3) is 0 Å². The lowest BCUT2D eigenvalue weighted by atomic mass is 10.1. The van der Waals surface area contributed by atoms with E-state index in [0.717, 1.165) is 12.0 Å². The molecule has 0 radical (unpaired) electrons. The van der Waals surface area contributed by atoms with E-state index in [4.69, 9.17) is 9.84 Å². The number of nitrogens with zero attached hydrogens (tertiary/aromatic N) is 1. The van der Waals surface area contributed by atoms with Crippen LogP contribution in [0.15, 0.2) is 24.3 Å². The maximum Gasteiger partial charge on any atom is 0.335 e. The van der Waals surface area contributed by atoms with Gasteiger partial charge in [-0.3, -0.25) is 0 Å². The van der Waals surface area contributed by atoms with Gasteiger partial charge in [0.25, 0.3) is 0 Å². The SMILES string of the molecule is CCC1CN(C(=O)NCc2ccc(C(=O)O)cc2)CC(C)O1. The fraction of sp³-hybridized carbons (Fsp3) is 0.500. The van der Waals surface area contributed by atoms with Crippen LogP contribution in [0.5, 0.6) is 0 Å². The number of carboxylic acid groups (broad SMARTS) is 1.